The number of primary sulfonamides is 1. The number of nitrogens with zero attached hydrogens (tertiary/aromatic N) is 1. The monoisotopic (exact) mass is 680 g/mol. The minimum absolute atomic E-state index is 0. The second-order valence-electron chi connectivity index (χ2n) is 7.81. The first-order valence-electron chi connectivity index (χ1n) is 10.6. The van der Waals surface area contributed by atoms with Gasteiger partial charge in [-0.3, -0.25) is 0 Å². The molecule has 0 amide bonds. The molecule has 0 bridgehead atoms. The summed E-state index contributed by atoms with van der Waals surface area (Å²) < 4.78 is 21.5. The van der Waals surface area contributed by atoms with Crippen LogP contribution in [0.15, 0.2) is 77.7 Å². The first-order chi connectivity index (χ1) is 15.1. The van der Waals surface area contributed by atoms with Crippen molar-refractivity contribution in [1.82, 2.24) is 5.32 Å². The van der Waals surface area contributed by atoms with E-state index in [2.05, 4.69) is 41.4 Å². The average molecular weight is 681 g/mol. The minimum atomic E-state index is -3.53. The number of nitrogens with one attached hydrogen (secondary N) is 2. The van der Waals surface area contributed by atoms with Crippen LogP contribution in [-0.2, 0) is 10.0 Å². The fraction of sp³-hybridized carbons (Fsp3) is 0.280. The Morgan fingerprint density at radius 2 is 1.33 bits per heavy atom. The number of aryl methyl sites for hydroxylation is 3. The van der Waals surface area contributed by atoms with Gasteiger partial charge in [0.1, 0.15) is 0 Å². The summed E-state index contributed by atoms with van der Waals surface area (Å²) in [5.41, 5.74) is 12.5. The van der Waals surface area contributed by atoms with Crippen LogP contribution in [0.4, 0.5) is 11.4 Å². The van der Waals surface area contributed by atoms with E-state index in [0.29, 0.717) is 5.69 Å². The van der Waals surface area contributed by atoms with E-state index in [0.717, 1.165) is 37.3 Å². The van der Waals surface area contributed by atoms with Crippen LogP contribution in [0.2, 0.25) is 0 Å². The van der Waals surface area contributed by atoms with Crippen LogP contribution >= 0.6 is 0 Å². The number of anilines is 1. The summed E-state index contributed by atoms with van der Waals surface area (Å²) in [7, 11) is -3.53. The van der Waals surface area contributed by atoms with Crippen LogP contribution in [0.3, 0.4) is 0 Å². The molecule has 1 aliphatic heterocycles. The SMILES string of the molecule is Cc1cccc(N2CCNCC2)c1.Cc1cccc(S(N)(=O)=O)c1.Cc1cccc([NH-])c1.[Ac]. The molecule has 4 N–H and O–H groups in total. The van der Waals surface area contributed by atoms with Crippen molar-refractivity contribution in [2.45, 2.75) is 25.7 Å². The van der Waals surface area contributed by atoms with E-state index >= 15 is 0 Å². The summed E-state index contributed by atoms with van der Waals surface area (Å²) in [6.07, 6.45) is 0. The van der Waals surface area contributed by atoms with Gasteiger partial charge in [0.05, 0.1) is 4.90 Å². The standard InChI is InChI=1S/C11H16N2.C7H9NO2S.C7H8N.Ac/c1-10-3-2-4-11(9-10)13-7-5-12-6-8-13;1-6-3-2-4-7(5-6)11(8,9)10;1-6-3-2-4-7(8)5-6;/h2-4,9,12H,5-8H2,1H3;2-5H,1H3,(H2,8,9,10);2-5,8H,1H3;/q;;-1;. The van der Waals surface area contributed by atoms with Gasteiger partial charge >= 0.3 is 0 Å². The second-order valence-corrected chi connectivity index (χ2v) is 9.37. The summed E-state index contributed by atoms with van der Waals surface area (Å²) in [5.74, 6) is 0. The zero-order valence-electron chi connectivity index (χ0n) is 19.6. The Bertz CT molecular complexity index is 1080. The molecule has 3 aromatic rings. The predicted molar refractivity (Wildman–Crippen MR) is 134 cm³/mol. The minimum Gasteiger partial charge on any atom is -0.699 e. The number of rotatable bonds is 2. The van der Waals surface area contributed by atoms with Gasteiger partial charge in [0, 0.05) is 75.9 Å². The molecule has 3 aromatic carbocycles. The number of hydrogen-bond acceptors (Lipinski definition) is 4. The summed E-state index contributed by atoms with van der Waals surface area (Å²) in [6.45, 7) is 10.4. The Balaban J connectivity index is 0.000000251. The third-order valence-electron chi connectivity index (χ3n) is 4.82. The van der Waals surface area contributed by atoms with Crippen LogP contribution in [0.5, 0.6) is 0 Å². The normalized spacial score (nSPS) is 12.9. The first kappa shape index (κ1) is 29.6. The van der Waals surface area contributed by atoms with Crippen molar-refractivity contribution in [2.24, 2.45) is 5.14 Å². The van der Waals surface area contributed by atoms with Crippen molar-refractivity contribution in [3.8, 4) is 0 Å². The molecule has 0 aromatic heterocycles. The summed E-state index contributed by atoms with van der Waals surface area (Å²) in [4.78, 5) is 2.60. The molecule has 33 heavy (non-hydrogen) atoms. The van der Waals surface area contributed by atoms with E-state index < -0.39 is 10.0 Å². The molecule has 1 heterocycles. The molecule has 175 valence electrons. The number of piperazine rings is 1. The molecule has 0 aliphatic carbocycles. The van der Waals surface area contributed by atoms with Gasteiger partial charge in [-0.25, -0.2) is 13.6 Å². The molecular weight excluding hydrogens is 647 g/mol. The first-order valence-corrected chi connectivity index (χ1v) is 12.1. The van der Waals surface area contributed by atoms with E-state index in [1.54, 1.807) is 12.1 Å². The van der Waals surface area contributed by atoms with Crippen LogP contribution in [-0.4, -0.2) is 34.6 Å². The van der Waals surface area contributed by atoms with E-state index in [1.807, 2.05) is 38.1 Å². The van der Waals surface area contributed by atoms with Gasteiger partial charge in [0.15, 0.2) is 0 Å². The van der Waals surface area contributed by atoms with Gasteiger partial charge in [0.2, 0.25) is 10.0 Å². The van der Waals surface area contributed by atoms with Gasteiger partial charge in [-0.15, -0.1) is 5.69 Å². The van der Waals surface area contributed by atoms with Crippen molar-refractivity contribution in [3.63, 3.8) is 0 Å². The molecule has 0 spiro atoms. The smallest absolute Gasteiger partial charge is 0.238 e. The maximum absolute atomic E-state index is 10.8. The van der Waals surface area contributed by atoms with E-state index in [4.69, 9.17) is 10.9 Å². The second kappa shape index (κ2) is 14.8. The van der Waals surface area contributed by atoms with Gasteiger partial charge in [-0.05, 0) is 56.2 Å². The molecular formula is C25H33AcN4O2S-. The van der Waals surface area contributed by atoms with Crippen LogP contribution < -0.4 is 15.4 Å². The summed E-state index contributed by atoms with van der Waals surface area (Å²) in [6, 6.07) is 22.7. The van der Waals surface area contributed by atoms with Crippen molar-refractivity contribution in [1.29, 1.82) is 0 Å². The fourth-order valence-electron chi connectivity index (χ4n) is 3.19. The zero-order chi connectivity index (χ0) is 23.6. The van der Waals surface area contributed by atoms with Gasteiger partial charge in [0.25, 0.3) is 0 Å². The molecule has 0 atom stereocenters. The average Bonchev–Trinajstić information content (AvgIpc) is 2.75. The van der Waals surface area contributed by atoms with Gasteiger partial charge < -0.3 is 16.0 Å². The molecule has 1 saturated heterocycles. The van der Waals surface area contributed by atoms with E-state index in [1.165, 1.54) is 23.4 Å². The Labute approximate surface area is 234 Å². The van der Waals surface area contributed by atoms with Gasteiger partial charge in [-0.2, -0.15) is 0 Å². The van der Waals surface area contributed by atoms with Crippen LogP contribution in [0.25, 0.3) is 5.73 Å². The quantitative estimate of drug-likeness (QED) is 0.409. The van der Waals surface area contributed by atoms with Gasteiger partial charge in [-0.1, -0.05) is 54.1 Å². The molecule has 0 saturated carbocycles. The molecule has 6 nitrogen and oxygen atoms in total. The summed E-state index contributed by atoms with van der Waals surface area (Å²) >= 11 is 0. The fourth-order valence-corrected chi connectivity index (χ4v) is 3.80. The number of sulfonamides is 1. The van der Waals surface area contributed by atoms with Crippen molar-refractivity contribution in [2.75, 3.05) is 31.1 Å². The Morgan fingerprint density at radius 3 is 1.76 bits per heavy atom. The third kappa shape index (κ3) is 11.5. The molecule has 4 rings (SSSR count). The predicted octanol–water partition coefficient (Wildman–Crippen LogP) is 4.73. The number of hydrogen-bond donors (Lipinski definition) is 2. The Kier molecular flexibility index (Phi) is 13.2. The maximum atomic E-state index is 10.8. The summed E-state index contributed by atoms with van der Waals surface area (Å²) in [5, 5.41) is 8.26. The zero-order valence-corrected chi connectivity index (χ0v) is 25.1. The Hall–Kier alpha value is -1.43. The largest absolute Gasteiger partial charge is 0.699 e. The Morgan fingerprint density at radius 1 is 0.818 bits per heavy atom. The molecule has 1 aliphatic rings. The molecule has 1 fully saturated rings. The van der Waals surface area contributed by atoms with Crippen molar-refractivity contribution < 1.29 is 52.5 Å². The maximum Gasteiger partial charge on any atom is 0.238 e. The van der Waals surface area contributed by atoms with E-state index in [-0.39, 0.29) is 49.0 Å². The molecule has 8 heteroatoms. The van der Waals surface area contributed by atoms with Crippen LogP contribution in [0.1, 0.15) is 16.7 Å². The number of benzene rings is 3. The third-order valence-corrected chi connectivity index (χ3v) is 5.73. The topological polar surface area (TPSA) is 99.2 Å². The number of nitrogens with two attached hydrogens (primary N) is 1. The molecule has 0 unspecified atom stereocenters. The van der Waals surface area contributed by atoms with Crippen molar-refractivity contribution >= 4 is 21.4 Å². The van der Waals surface area contributed by atoms with Crippen molar-refractivity contribution in [3.05, 3.63) is 95.2 Å². The van der Waals surface area contributed by atoms with Crippen LogP contribution in [0, 0.1) is 64.8 Å². The van der Waals surface area contributed by atoms with E-state index in [9.17, 15) is 8.42 Å². The molecule has 1 radical (unpaired) electrons.